The first-order chi connectivity index (χ1) is 6.19. The Bertz CT molecular complexity index is 190. The molecule has 0 bridgehead atoms. The lowest BCUT2D eigenvalue weighted by Crippen LogP contribution is -2.27. The fraction of sp³-hybridized carbons (Fsp3) is 1.00. The van der Waals surface area contributed by atoms with Crippen LogP contribution < -0.4 is 5.32 Å². The Labute approximate surface area is 82.3 Å². The normalized spacial score (nSPS) is 49.6. The molecule has 0 aromatic heterocycles. The van der Waals surface area contributed by atoms with Gasteiger partial charge in [-0.25, -0.2) is 0 Å². The van der Waals surface area contributed by atoms with E-state index >= 15 is 0 Å². The molecule has 2 fully saturated rings. The van der Waals surface area contributed by atoms with Gasteiger partial charge in [0.05, 0.1) is 0 Å². The Balaban J connectivity index is 1.97. The smallest absolute Gasteiger partial charge is 0.00179 e. The van der Waals surface area contributed by atoms with E-state index in [0.717, 1.165) is 23.2 Å². The summed E-state index contributed by atoms with van der Waals surface area (Å²) in [6.07, 6.45) is 5.94. The maximum Gasteiger partial charge on any atom is -0.00179 e. The van der Waals surface area contributed by atoms with Gasteiger partial charge in [0, 0.05) is 0 Å². The fourth-order valence-electron chi connectivity index (χ4n) is 3.55. The van der Waals surface area contributed by atoms with Gasteiger partial charge in [0.15, 0.2) is 0 Å². The summed E-state index contributed by atoms with van der Waals surface area (Å²) >= 11 is 0. The van der Waals surface area contributed by atoms with Gasteiger partial charge in [0.25, 0.3) is 0 Å². The second kappa shape index (κ2) is 3.27. The first-order valence-corrected chi connectivity index (χ1v) is 5.83. The number of rotatable bonds is 2. The molecule has 76 valence electrons. The summed E-state index contributed by atoms with van der Waals surface area (Å²) in [7, 11) is 2.09. The maximum absolute atomic E-state index is 3.34. The summed E-state index contributed by atoms with van der Waals surface area (Å²) in [5.74, 6) is 2.97. The van der Waals surface area contributed by atoms with Crippen molar-refractivity contribution >= 4 is 0 Å². The second-order valence-corrected chi connectivity index (χ2v) is 5.48. The van der Waals surface area contributed by atoms with Gasteiger partial charge in [0.1, 0.15) is 0 Å². The van der Waals surface area contributed by atoms with E-state index in [1.165, 1.54) is 32.2 Å². The molecule has 2 aliphatic carbocycles. The summed E-state index contributed by atoms with van der Waals surface area (Å²) in [4.78, 5) is 0. The van der Waals surface area contributed by atoms with Crippen LogP contribution in [0.2, 0.25) is 0 Å². The minimum absolute atomic E-state index is 0.765. The van der Waals surface area contributed by atoms with Gasteiger partial charge in [-0.1, -0.05) is 20.3 Å². The molecule has 2 aliphatic rings. The minimum Gasteiger partial charge on any atom is -0.319 e. The molecule has 4 unspecified atom stereocenters. The van der Waals surface area contributed by atoms with Gasteiger partial charge in [0.2, 0.25) is 0 Å². The molecular weight excluding hydrogens is 158 g/mol. The van der Waals surface area contributed by atoms with E-state index < -0.39 is 0 Å². The Morgan fingerprint density at radius 3 is 2.69 bits per heavy atom. The Morgan fingerprint density at radius 1 is 1.23 bits per heavy atom. The molecule has 0 radical (unpaired) electrons. The number of hydrogen-bond donors (Lipinski definition) is 1. The first-order valence-electron chi connectivity index (χ1n) is 5.83. The average molecular weight is 181 g/mol. The predicted molar refractivity (Wildman–Crippen MR) is 56.6 cm³/mol. The molecule has 0 aromatic rings. The van der Waals surface area contributed by atoms with Gasteiger partial charge in [-0.15, -0.1) is 0 Å². The van der Waals surface area contributed by atoms with E-state index in [9.17, 15) is 0 Å². The Morgan fingerprint density at radius 2 is 2.00 bits per heavy atom. The van der Waals surface area contributed by atoms with Crippen LogP contribution in [0.15, 0.2) is 0 Å². The van der Waals surface area contributed by atoms with Crippen LogP contribution in [-0.2, 0) is 0 Å². The summed E-state index contributed by atoms with van der Waals surface area (Å²) in [5, 5.41) is 3.34. The van der Waals surface area contributed by atoms with Crippen molar-refractivity contribution in [3.63, 3.8) is 0 Å². The molecule has 2 saturated carbocycles. The van der Waals surface area contributed by atoms with Crippen LogP contribution in [-0.4, -0.2) is 13.6 Å². The Hall–Kier alpha value is -0.0400. The lowest BCUT2D eigenvalue weighted by molar-refractivity contribution is 0.163. The van der Waals surface area contributed by atoms with Gasteiger partial charge >= 0.3 is 0 Å². The summed E-state index contributed by atoms with van der Waals surface area (Å²) in [6.45, 7) is 6.15. The van der Waals surface area contributed by atoms with Crippen molar-refractivity contribution in [3.8, 4) is 0 Å². The SMILES string of the molecule is CNCC1CC12CC(C)CCC2C. The highest BCUT2D eigenvalue weighted by Crippen LogP contribution is 2.64. The molecular formula is C12H23N. The highest BCUT2D eigenvalue weighted by atomic mass is 14.8. The van der Waals surface area contributed by atoms with Crippen LogP contribution in [0.4, 0.5) is 0 Å². The van der Waals surface area contributed by atoms with Crippen molar-refractivity contribution in [1.29, 1.82) is 0 Å². The standard InChI is InChI=1S/C12H23N/c1-9-4-5-10(2)12(6-9)7-11(12)8-13-3/h9-11,13H,4-8H2,1-3H3. The van der Waals surface area contributed by atoms with Gasteiger partial charge in [-0.3, -0.25) is 0 Å². The van der Waals surface area contributed by atoms with E-state index in [-0.39, 0.29) is 0 Å². The van der Waals surface area contributed by atoms with E-state index in [1.54, 1.807) is 0 Å². The fourth-order valence-corrected chi connectivity index (χ4v) is 3.55. The van der Waals surface area contributed by atoms with Gasteiger partial charge in [-0.2, -0.15) is 0 Å². The van der Waals surface area contributed by atoms with Crippen molar-refractivity contribution in [1.82, 2.24) is 5.32 Å². The molecule has 0 heterocycles. The molecule has 0 saturated heterocycles. The van der Waals surface area contributed by atoms with Crippen molar-refractivity contribution in [2.75, 3.05) is 13.6 Å². The van der Waals surface area contributed by atoms with Crippen LogP contribution >= 0.6 is 0 Å². The van der Waals surface area contributed by atoms with E-state index in [1.807, 2.05) is 0 Å². The molecule has 1 N–H and O–H groups in total. The summed E-state index contributed by atoms with van der Waals surface area (Å²) in [5.41, 5.74) is 0.765. The summed E-state index contributed by atoms with van der Waals surface area (Å²) < 4.78 is 0. The predicted octanol–water partition coefficient (Wildman–Crippen LogP) is 2.67. The quantitative estimate of drug-likeness (QED) is 0.690. The Kier molecular flexibility index (Phi) is 2.39. The number of hydrogen-bond acceptors (Lipinski definition) is 1. The van der Waals surface area contributed by atoms with Crippen molar-refractivity contribution in [2.24, 2.45) is 23.2 Å². The monoisotopic (exact) mass is 181 g/mol. The molecule has 1 heteroatoms. The van der Waals surface area contributed by atoms with Crippen LogP contribution in [0.1, 0.15) is 39.5 Å². The van der Waals surface area contributed by atoms with E-state index in [4.69, 9.17) is 0 Å². The molecule has 1 spiro atoms. The zero-order valence-electron chi connectivity index (χ0n) is 9.27. The summed E-state index contributed by atoms with van der Waals surface area (Å²) in [6, 6.07) is 0. The first kappa shape index (κ1) is 9.51. The number of nitrogens with one attached hydrogen (secondary N) is 1. The lowest BCUT2D eigenvalue weighted by Gasteiger charge is -2.34. The van der Waals surface area contributed by atoms with Crippen molar-refractivity contribution in [3.05, 3.63) is 0 Å². The zero-order chi connectivity index (χ0) is 9.47. The van der Waals surface area contributed by atoms with Gasteiger partial charge < -0.3 is 5.32 Å². The molecule has 0 aromatic carbocycles. The molecule has 1 nitrogen and oxygen atoms in total. The highest BCUT2D eigenvalue weighted by Gasteiger charge is 2.57. The third kappa shape index (κ3) is 1.52. The lowest BCUT2D eigenvalue weighted by atomic mass is 9.71. The molecule has 4 atom stereocenters. The minimum atomic E-state index is 0.765. The zero-order valence-corrected chi connectivity index (χ0v) is 9.27. The van der Waals surface area contributed by atoms with Crippen LogP contribution in [0.5, 0.6) is 0 Å². The third-order valence-electron chi connectivity index (χ3n) is 4.53. The topological polar surface area (TPSA) is 12.0 Å². The third-order valence-corrected chi connectivity index (χ3v) is 4.53. The largest absolute Gasteiger partial charge is 0.319 e. The maximum atomic E-state index is 3.34. The van der Waals surface area contributed by atoms with Gasteiger partial charge in [-0.05, 0) is 56.0 Å². The van der Waals surface area contributed by atoms with Crippen molar-refractivity contribution in [2.45, 2.75) is 39.5 Å². The highest BCUT2D eigenvalue weighted by molar-refractivity contribution is 5.07. The molecule has 0 amide bonds. The molecule has 0 aliphatic heterocycles. The van der Waals surface area contributed by atoms with E-state index in [2.05, 4.69) is 26.2 Å². The molecule has 2 rings (SSSR count). The van der Waals surface area contributed by atoms with Crippen LogP contribution in [0, 0.1) is 23.2 Å². The average Bonchev–Trinajstić information content (AvgIpc) is 2.74. The van der Waals surface area contributed by atoms with E-state index in [0.29, 0.717) is 0 Å². The molecule has 13 heavy (non-hydrogen) atoms. The van der Waals surface area contributed by atoms with Crippen LogP contribution in [0.25, 0.3) is 0 Å². The van der Waals surface area contributed by atoms with Crippen LogP contribution in [0.3, 0.4) is 0 Å². The second-order valence-electron chi connectivity index (χ2n) is 5.48. The van der Waals surface area contributed by atoms with Crippen molar-refractivity contribution < 1.29 is 0 Å².